The van der Waals surface area contributed by atoms with E-state index in [0.717, 1.165) is 24.6 Å². The van der Waals surface area contributed by atoms with Crippen molar-refractivity contribution in [2.45, 2.75) is 12.8 Å². The van der Waals surface area contributed by atoms with Crippen LogP contribution in [0, 0.1) is 20.2 Å². The third kappa shape index (κ3) is 6.17. The first-order valence-electron chi connectivity index (χ1n) is 7.47. The Bertz CT molecular complexity index is 867. The molecule has 0 unspecified atom stereocenters. The number of nitrogens with one attached hydrogen (secondary N) is 2. The zero-order chi connectivity index (χ0) is 20.5. The molecule has 2 amide bonds. The molecule has 0 bridgehead atoms. The molecule has 2 N–H and O–H groups in total. The summed E-state index contributed by atoms with van der Waals surface area (Å²) in [5, 5.41) is 28.0. The fourth-order valence-electron chi connectivity index (χ4n) is 1.69. The summed E-state index contributed by atoms with van der Waals surface area (Å²) in [6.45, 7) is 0. The van der Waals surface area contributed by atoms with Gasteiger partial charge in [-0.2, -0.15) is 10.2 Å². The Morgan fingerprint density at radius 3 is 1.57 bits per heavy atom. The molecule has 2 heterocycles. The molecule has 14 heteroatoms. The number of hydrogen-bond acceptors (Lipinski definition) is 10. The SMILES string of the molecule is O=C(CCC(=O)NN=Cc1ccc([N+](=O)[O-])o1)NN=Cc1ccc([N+](=O)[O-])o1. The number of amides is 2. The Hall–Kier alpha value is -4.36. The minimum atomic E-state index is -0.718. The maximum atomic E-state index is 11.6. The average molecular weight is 392 g/mol. The van der Waals surface area contributed by atoms with E-state index in [1.807, 2.05) is 0 Å². The second-order valence-corrected chi connectivity index (χ2v) is 4.95. The van der Waals surface area contributed by atoms with Crippen LogP contribution < -0.4 is 10.9 Å². The second-order valence-electron chi connectivity index (χ2n) is 4.95. The number of nitro groups is 2. The van der Waals surface area contributed by atoms with Gasteiger partial charge in [-0.15, -0.1) is 0 Å². The summed E-state index contributed by atoms with van der Waals surface area (Å²) in [5.74, 6) is -1.96. The summed E-state index contributed by atoms with van der Waals surface area (Å²) in [5.41, 5.74) is 4.25. The maximum absolute atomic E-state index is 11.6. The molecule has 0 aliphatic heterocycles. The molecule has 0 saturated heterocycles. The molecule has 2 rings (SSSR count). The highest BCUT2D eigenvalue weighted by molar-refractivity contribution is 5.85. The van der Waals surface area contributed by atoms with E-state index in [9.17, 15) is 29.8 Å². The molecule has 28 heavy (non-hydrogen) atoms. The van der Waals surface area contributed by atoms with Gasteiger partial charge in [0.1, 0.15) is 9.85 Å². The van der Waals surface area contributed by atoms with Gasteiger partial charge in [-0.25, -0.2) is 10.9 Å². The van der Waals surface area contributed by atoms with Crippen LogP contribution in [0.1, 0.15) is 24.4 Å². The normalized spacial score (nSPS) is 11.0. The quantitative estimate of drug-likeness (QED) is 0.359. The van der Waals surface area contributed by atoms with E-state index in [2.05, 4.69) is 21.1 Å². The molecular weight excluding hydrogens is 380 g/mol. The summed E-state index contributed by atoms with van der Waals surface area (Å²) >= 11 is 0. The lowest BCUT2D eigenvalue weighted by atomic mass is 10.3. The molecule has 146 valence electrons. The van der Waals surface area contributed by atoms with Crippen molar-refractivity contribution >= 4 is 36.0 Å². The number of carbonyl (C=O) groups is 2. The van der Waals surface area contributed by atoms with E-state index in [-0.39, 0.29) is 24.4 Å². The van der Waals surface area contributed by atoms with E-state index >= 15 is 0 Å². The smallest absolute Gasteiger partial charge is 0.400 e. The van der Waals surface area contributed by atoms with Crippen molar-refractivity contribution in [3.63, 3.8) is 0 Å². The van der Waals surface area contributed by atoms with Gasteiger partial charge in [0.2, 0.25) is 11.8 Å². The standard InChI is InChI=1S/C14H12N6O8/c21-11(17-15-7-9-1-5-13(27-9)19(23)24)3-4-12(22)18-16-8-10-2-6-14(28-10)20(25)26/h1-2,5-8H,3-4H2,(H,17,21)(H,18,22). The molecule has 14 nitrogen and oxygen atoms in total. The first kappa shape index (κ1) is 20.0. The summed E-state index contributed by atoms with van der Waals surface area (Å²) in [6.07, 6.45) is 1.72. The first-order valence-corrected chi connectivity index (χ1v) is 7.47. The third-order valence-corrected chi connectivity index (χ3v) is 2.93. The zero-order valence-corrected chi connectivity index (χ0v) is 13.9. The van der Waals surface area contributed by atoms with Gasteiger partial charge in [-0.05, 0) is 12.1 Å². The lowest BCUT2D eigenvalue weighted by Crippen LogP contribution is -2.22. The van der Waals surface area contributed by atoms with Crippen molar-refractivity contribution in [1.82, 2.24) is 10.9 Å². The molecule has 2 aromatic heterocycles. The number of carbonyl (C=O) groups excluding carboxylic acids is 2. The summed E-state index contributed by atoms with van der Waals surface area (Å²) in [7, 11) is 0. The Kier molecular flexibility index (Phi) is 6.68. The molecule has 0 fully saturated rings. The van der Waals surface area contributed by atoms with Crippen molar-refractivity contribution in [2.24, 2.45) is 10.2 Å². The van der Waals surface area contributed by atoms with Crippen LogP contribution in [0.15, 0.2) is 43.3 Å². The summed E-state index contributed by atoms with van der Waals surface area (Å²) in [4.78, 5) is 42.6. The number of hydrazone groups is 2. The lowest BCUT2D eigenvalue weighted by Gasteiger charge is -1.99. The van der Waals surface area contributed by atoms with Gasteiger partial charge in [-0.1, -0.05) is 0 Å². The Morgan fingerprint density at radius 2 is 1.25 bits per heavy atom. The molecule has 0 radical (unpaired) electrons. The Morgan fingerprint density at radius 1 is 0.857 bits per heavy atom. The van der Waals surface area contributed by atoms with Crippen molar-refractivity contribution in [3.05, 3.63) is 56.0 Å². The molecular formula is C14H12N6O8. The molecule has 0 aliphatic carbocycles. The van der Waals surface area contributed by atoms with Gasteiger partial charge in [0.25, 0.3) is 0 Å². The predicted molar refractivity (Wildman–Crippen MR) is 91.4 cm³/mol. The number of hydrogen-bond donors (Lipinski definition) is 2. The van der Waals surface area contributed by atoms with Crippen LogP contribution in [-0.4, -0.2) is 34.1 Å². The highest BCUT2D eigenvalue weighted by Crippen LogP contribution is 2.14. The number of nitrogens with zero attached hydrogens (tertiary/aromatic N) is 4. The van der Waals surface area contributed by atoms with Gasteiger partial charge >= 0.3 is 11.8 Å². The van der Waals surface area contributed by atoms with Crippen LogP contribution in [-0.2, 0) is 9.59 Å². The van der Waals surface area contributed by atoms with Gasteiger partial charge in [0.05, 0.1) is 24.6 Å². The van der Waals surface area contributed by atoms with Crippen LogP contribution in [0.3, 0.4) is 0 Å². The lowest BCUT2D eigenvalue weighted by molar-refractivity contribution is -0.402. The fraction of sp³-hybridized carbons (Fsp3) is 0.143. The molecule has 0 atom stereocenters. The van der Waals surface area contributed by atoms with Crippen LogP contribution in [0.2, 0.25) is 0 Å². The van der Waals surface area contributed by atoms with E-state index in [4.69, 9.17) is 8.83 Å². The van der Waals surface area contributed by atoms with E-state index in [0.29, 0.717) is 0 Å². The summed E-state index contributed by atoms with van der Waals surface area (Å²) in [6, 6.07) is 4.86. The van der Waals surface area contributed by atoms with Crippen molar-refractivity contribution in [1.29, 1.82) is 0 Å². The predicted octanol–water partition coefficient (Wildman–Crippen LogP) is 1.07. The maximum Gasteiger partial charge on any atom is 0.433 e. The zero-order valence-electron chi connectivity index (χ0n) is 13.9. The number of rotatable bonds is 9. The van der Waals surface area contributed by atoms with Gasteiger partial charge < -0.3 is 8.83 Å². The molecule has 0 saturated carbocycles. The largest absolute Gasteiger partial charge is 0.433 e. The minimum absolute atomic E-state index is 0.0669. The molecule has 0 spiro atoms. The van der Waals surface area contributed by atoms with Crippen molar-refractivity contribution < 1.29 is 28.3 Å². The van der Waals surface area contributed by atoms with Gasteiger partial charge in [-0.3, -0.25) is 29.8 Å². The van der Waals surface area contributed by atoms with Crippen LogP contribution in [0.5, 0.6) is 0 Å². The van der Waals surface area contributed by atoms with Gasteiger partial charge in [0, 0.05) is 12.8 Å². The Labute approximate surface area is 155 Å². The molecule has 2 aromatic rings. The fourth-order valence-corrected chi connectivity index (χ4v) is 1.69. The van der Waals surface area contributed by atoms with Crippen LogP contribution >= 0.6 is 0 Å². The highest BCUT2D eigenvalue weighted by atomic mass is 16.7. The topological polar surface area (TPSA) is 195 Å². The van der Waals surface area contributed by atoms with E-state index in [1.165, 1.54) is 12.1 Å². The average Bonchev–Trinajstić information content (AvgIpc) is 3.30. The Balaban J connectivity index is 1.69. The molecule has 0 aliphatic rings. The highest BCUT2D eigenvalue weighted by Gasteiger charge is 2.11. The third-order valence-electron chi connectivity index (χ3n) is 2.93. The van der Waals surface area contributed by atoms with E-state index in [1.54, 1.807) is 0 Å². The van der Waals surface area contributed by atoms with E-state index < -0.39 is 33.4 Å². The van der Waals surface area contributed by atoms with Crippen LogP contribution in [0.25, 0.3) is 0 Å². The van der Waals surface area contributed by atoms with Crippen LogP contribution in [0.4, 0.5) is 11.8 Å². The monoisotopic (exact) mass is 392 g/mol. The summed E-state index contributed by atoms with van der Waals surface area (Å²) < 4.78 is 9.59. The molecule has 0 aromatic carbocycles. The van der Waals surface area contributed by atoms with Crippen molar-refractivity contribution in [2.75, 3.05) is 0 Å². The number of furan rings is 2. The van der Waals surface area contributed by atoms with Gasteiger partial charge in [0.15, 0.2) is 11.5 Å². The van der Waals surface area contributed by atoms with Crippen molar-refractivity contribution in [3.8, 4) is 0 Å². The second kappa shape index (κ2) is 9.37. The minimum Gasteiger partial charge on any atom is -0.400 e. The first-order chi connectivity index (χ1) is 13.3.